The monoisotopic (exact) mass is 310 g/mol. The molecule has 0 aliphatic heterocycles. The van der Waals surface area contributed by atoms with E-state index >= 15 is 0 Å². The number of rotatable bonds is 5. The Hall–Kier alpha value is -1.13. The summed E-state index contributed by atoms with van der Waals surface area (Å²) >= 11 is 7.40. The Balaban J connectivity index is 1.98. The van der Waals surface area contributed by atoms with E-state index < -0.39 is 0 Å². The number of hydrogen-bond donors (Lipinski definition) is 1. The van der Waals surface area contributed by atoms with Crippen LogP contribution in [0.2, 0.25) is 5.02 Å². The van der Waals surface area contributed by atoms with Gasteiger partial charge in [-0.1, -0.05) is 17.7 Å². The molecule has 1 amide bonds. The maximum absolute atomic E-state index is 12.3. The number of carbonyl (C=O) groups is 1. The number of nitrogens with two attached hydrogens (primary N) is 1. The first-order chi connectivity index (χ1) is 9.61. The second-order valence-electron chi connectivity index (χ2n) is 4.70. The first-order valence-corrected chi connectivity index (χ1v) is 8.15. The molecule has 3 nitrogen and oxygen atoms in total. The van der Waals surface area contributed by atoms with Crippen LogP contribution in [-0.4, -0.2) is 23.1 Å². The van der Waals surface area contributed by atoms with E-state index in [2.05, 4.69) is 6.08 Å². The normalized spacial score (nSPS) is 14.2. The van der Waals surface area contributed by atoms with Gasteiger partial charge in [0, 0.05) is 27.8 Å². The van der Waals surface area contributed by atoms with Crippen molar-refractivity contribution in [1.82, 2.24) is 4.90 Å². The number of allylic oxidation sites excluding steroid dienone is 2. The van der Waals surface area contributed by atoms with Crippen molar-refractivity contribution in [3.63, 3.8) is 0 Å². The molecule has 0 spiro atoms. The standard InChI is InChI=1S/C15H19ClN2OS/c1-2-18(12-5-3-4-6-12)15(19)10-20-14-9-11(16)7-8-13(14)17/h5,7-9H,2-4,6,10,17H2,1H3. The molecule has 5 heteroatoms. The predicted octanol–water partition coefficient (Wildman–Crippen LogP) is 3.93. The van der Waals surface area contributed by atoms with Crippen molar-refractivity contribution in [1.29, 1.82) is 0 Å². The minimum Gasteiger partial charge on any atom is -0.398 e. The average molecular weight is 311 g/mol. The molecule has 2 rings (SSSR count). The Bertz CT molecular complexity index is 531. The molecule has 0 aromatic heterocycles. The fourth-order valence-corrected chi connectivity index (χ4v) is 3.41. The number of hydrogen-bond acceptors (Lipinski definition) is 3. The van der Waals surface area contributed by atoms with Crippen molar-refractivity contribution in [2.45, 2.75) is 31.1 Å². The van der Waals surface area contributed by atoms with Gasteiger partial charge in [0.1, 0.15) is 0 Å². The van der Waals surface area contributed by atoms with Gasteiger partial charge < -0.3 is 10.6 Å². The number of anilines is 1. The molecule has 0 saturated heterocycles. The summed E-state index contributed by atoms with van der Waals surface area (Å²) in [6.45, 7) is 2.73. The van der Waals surface area contributed by atoms with E-state index in [1.807, 2.05) is 11.8 Å². The molecular formula is C15H19ClN2OS. The number of amides is 1. The second kappa shape index (κ2) is 7.04. The number of carbonyl (C=O) groups excluding carboxylic acids is 1. The first-order valence-electron chi connectivity index (χ1n) is 6.79. The molecule has 0 atom stereocenters. The molecule has 2 N–H and O–H groups in total. The smallest absolute Gasteiger partial charge is 0.237 e. The third-order valence-corrected chi connectivity index (χ3v) is 4.60. The van der Waals surface area contributed by atoms with Crippen LogP contribution in [0.15, 0.2) is 34.9 Å². The molecule has 0 saturated carbocycles. The predicted molar refractivity (Wildman–Crippen MR) is 85.9 cm³/mol. The largest absolute Gasteiger partial charge is 0.398 e. The SMILES string of the molecule is CCN(C(=O)CSc1cc(Cl)ccc1N)C1=CCCC1. The molecule has 20 heavy (non-hydrogen) atoms. The molecule has 0 radical (unpaired) electrons. The Morgan fingerprint density at radius 2 is 2.30 bits per heavy atom. The van der Waals surface area contributed by atoms with Gasteiger partial charge in [-0.05, 0) is 44.4 Å². The quantitative estimate of drug-likeness (QED) is 0.662. The van der Waals surface area contributed by atoms with Crippen LogP contribution in [0.3, 0.4) is 0 Å². The number of nitrogen functional groups attached to an aromatic ring is 1. The highest BCUT2D eigenvalue weighted by molar-refractivity contribution is 8.00. The van der Waals surface area contributed by atoms with Gasteiger partial charge in [-0.15, -0.1) is 11.8 Å². The van der Waals surface area contributed by atoms with Gasteiger partial charge in [-0.3, -0.25) is 4.79 Å². The van der Waals surface area contributed by atoms with Gasteiger partial charge in [0.05, 0.1) is 5.75 Å². The minimum atomic E-state index is 0.130. The van der Waals surface area contributed by atoms with Crippen LogP contribution in [-0.2, 0) is 4.79 Å². The van der Waals surface area contributed by atoms with Gasteiger partial charge in [0.2, 0.25) is 5.91 Å². The summed E-state index contributed by atoms with van der Waals surface area (Å²) in [6.07, 6.45) is 5.39. The molecule has 0 unspecified atom stereocenters. The summed E-state index contributed by atoms with van der Waals surface area (Å²) in [5.41, 5.74) is 7.72. The maximum atomic E-state index is 12.3. The van der Waals surface area contributed by atoms with Gasteiger partial charge in [-0.2, -0.15) is 0 Å². The summed E-state index contributed by atoms with van der Waals surface area (Å²) < 4.78 is 0. The van der Waals surface area contributed by atoms with Crippen LogP contribution in [0, 0.1) is 0 Å². The van der Waals surface area contributed by atoms with Crippen molar-refractivity contribution < 1.29 is 4.79 Å². The highest BCUT2D eigenvalue weighted by atomic mass is 35.5. The Morgan fingerprint density at radius 1 is 1.50 bits per heavy atom. The van der Waals surface area contributed by atoms with E-state index in [1.165, 1.54) is 11.8 Å². The average Bonchev–Trinajstić information content (AvgIpc) is 2.94. The molecular weight excluding hydrogens is 292 g/mol. The summed E-state index contributed by atoms with van der Waals surface area (Å²) in [7, 11) is 0. The van der Waals surface area contributed by atoms with Crippen molar-refractivity contribution >= 4 is 35.0 Å². The summed E-state index contributed by atoms with van der Waals surface area (Å²) in [5.74, 6) is 0.514. The van der Waals surface area contributed by atoms with Crippen LogP contribution in [0.4, 0.5) is 5.69 Å². The number of benzene rings is 1. The third kappa shape index (κ3) is 3.70. The first kappa shape index (κ1) is 15.3. The van der Waals surface area contributed by atoms with Gasteiger partial charge >= 0.3 is 0 Å². The number of nitrogens with zero attached hydrogens (tertiary/aromatic N) is 1. The molecule has 1 aliphatic rings. The molecule has 1 aromatic carbocycles. The topological polar surface area (TPSA) is 46.3 Å². The molecule has 0 fully saturated rings. The molecule has 1 aliphatic carbocycles. The molecule has 0 bridgehead atoms. The lowest BCUT2D eigenvalue weighted by Crippen LogP contribution is -2.31. The Labute approximate surface area is 129 Å². The van der Waals surface area contributed by atoms with E-state index in [1.54, 1.807) is 18.2 Å². The van der Waals surface area contributed by atoms with Crippen LogP contribution in [0.25, 0.3) is 0 Å². The summed E-state index contributed by atoms with van der Waals surface area (Å²) in [4.78, 5) is 15.1. The fourth-order valence-electron chi connectivity index (χ4n) is 2.29. The lowest BCUT2D eigenvalue weighted by atomic mass is 10.3. The maximum Gasteiger partial charge on any atom is 0.237 e. The van der Waals surface area contributed by atoms with Crippen LogP contribution in [0.5, 0.6) is 0 Å². The zero-order chi connectivity index (χ0) is 14.5. The van der Waals surface area contributed by atoms with Gasteiger partial charge in [-0.25, -0.2) is 0 Å². The van der Waals surface area contributed by atoms with E-state index in [-0.39, 0.29) is 5.91 Å². The molecule has 0 heterocycles. The second-order valence-corrected chi connectivity index (χ2v) is 6.15. The van der Waals surface area contributed by atoms with E-state index in [0.29, 0.717) is 16.5 Å². The fraction of sp³-hybridized carbons (Fsp3) is 0.400. The van der Waals surface area contributed by atoms with Crippen molar-refractivity contribution in [2.24, 2.45) is 0 Å². The third-order valence-electron chi connectivity index (χ3n) is 3.31. The van der Waals surface area contributed by atoms with E-state index in [0.717, 1.165) is 36.4 Å². The molecule has 1 aromatic rings. The summed E-state index contributed by atoms with van der Waals surface area (Å²) in [6, 6.07) is 5.33. The molecule has 108 valence electrons. The van der Waals surface area contributed by atoms with E-state index in [9.17, 15) is 4.79 Å². The number of halogens is 1. The highest BCUT2D eigenvalue weighted by Crippen LogP contribution is 2.29. The lowest BCUT2D eigenvalue weighted by molar-refractivity contribution is -0.126. The van der Waals surface area contributed by atoms with Crippen molar-refractivity contribution in [3.05, 3.63) is 35.0 Å². The van der Waals surface area contributed by atoms with Gasteiger partial charge in [0.25, 0.3) is 0 Å². The Morgan fingerprint density at radius 3 is 2.95 bits per heavy atom. The Kier molecular flexibility index (Phi) is 5.38. The highest BCUT2D eigenvalue weighted by Gasteiger charge is 2.18. The lowest BCUT2D eigenvalue weighted by Gasteiger charge is -2.22. The minimum absolute atomic E-state index is 0.130. The van der Waals surface area contributed by atoms with Crippen LogP contribution in [0.1, 0.15) is 26.2 Å². The zero-order valence-corrected chi connectivity index (χ0v) is 13.1. The van der Waals surface area contributed by atoms with Crippen LogP contribution < -0.4 is 5.73 Å². The number of thioether (sulfide) groups is 1. The zero-order valence-electron chi connectivity index (χ0n) is 11.6. The van der Waals surface area contributed by atoms with Crippen LogP contribution >= 0.6 is 23.4 Å². The van der Waals surface area contributed by atoms with Gasteiger partial charge in [0.15, 0.2) is 0 Å². The summed E-state index contributed by atoms with van der Waals surface area (Å²) in [5, 5.41) is 0.639. The van der Waals surface area contributed by atoms with E-state index in [4.69, 9.17) is 17.3 Å². The van der Waals surface area contributed by atoms with Crippen molar-refractivity contribution in [2.75, 3.05) is 18.0 Å². The van der Waals surface area contributed by atoms with Crippen molar-refractivity contribution in [3.8, 4) is 0 Å².